The molecule has 0 radical (unpaired) electrons. The van der Waals surface area contributed by atoms with Crippen molar-refractivity contribution in [3.63, 3.8) is 0 Å². The number of nitrogens with zero attached hydrogens (tertiary/aromatic N) is 2. The van der Waals surface area contributed by atoms with Gasteiger partial charge in [-0.1, -0.05) is 29.3 Å². The Hall–Kier alpha value is -3.18. The molecule has 0 saturated heterocycles. The number of amides is 2. The van der Waals surface area contributed by atoms with Gasteiger partial charge in [0.15, 0.2) is 5.60 Å². The first kappa shape index (κ1) is 25.9. The van der Waals surface area contributed by atoms with Crippen molar-refractivity contribution in [3.8, 4) is 0 Å². The highest BCUT2D eigenvalue weighted by Gasteiger charge is 2.56. The molecule has 0 fully saturated rings. The van der Waals surface area contributed by atoms with Crippen molar-refractivity contribution < 1.29 is 33.0 Å². The van der Waals surface area contributed by atoms with E-state index in [-0.39, 0.29) is 32.7 Å². The van der Waals surface area contributed by atoms with E-state index in [1.54, 1.807) is 0 Å². The van der Waals surface area contributed by atoms with Crippen molar-refractivity contribution in [1.82, 2.24) is 4.98 Å². The number of hydrogen-bond donors (Lipinski definition) is 3. The number of hydrogen-bond acceptors (Lipinski definition) is 5. The summed E-state index contributed by atoms with van der Waals surface area (Å²) in [6, 6.07) is 10.1. The van der Waals surface area contributed by atoms with Crippen LogP contribution >= 0.6 is 23.2 Å². The van der Waals surface area contributed by atoms with E-state index in [9.17, 15) is 33.0 Å². The maximum absolute atomic E-state index is 14.9. The summed E-state index contributed by atoms with van der Waals surface area (Å²) in [7, 11) is 0. The molecule has 2 amide bonds. The Morgan fingerprint density at radius 3 is 2.53 bits per heavy atom. The van der Waals surface area contributed by atoms with Crippen LogP contribution in [-0.4, -0.2) is 46.1 Å². The normalized spacial score (nSPS) is 18.8. The molecular weight excluding hydrogens is 522 g/mol. The average molecular weight is 540 g/mol. The zero-order valence-electron chi connectivity index (χ0n) is 18.3. The monoisotopic (exact) mass is 539 g/mol. The van der Waals surface area contributed by atoms with Crippen molar-refractivity contribution in [2.75, 3.05) is 23.4 Å². The van der Waals surface area contributed by atoms with Gasteiger partial charge >= 0.3 is 0 Å². The zero-order chi connectivity index (χ0) is 26.3. The number of aromatic nitrogens is 1. The van der Waals surface area contributed by atoms with E-state index in [1.807, 2.05) is 0 Å². The van der Waals surface area contributed by atoms with Gasteiger partial charge in [0.25, 0.3) is 17.7 Å². The lowest BCUT2D eigenvalue weighted by molar-refractivity contribution is -0.205. The molecule has 7 nitrogen and oxygen atoms in total. The molecule has 0 unspecified atom stereocenters. The Kier molecular flexibility index (Phi) is 6.98. The Bertz CT molecular complexity index is 1320. The molecule has 2 aromatic carbocycles. The van der Waals surface area contributed by atoms with E-state index in [4.69, 9.17) is 23.2 Å². The van der Waals surface area contributed by atoms with Crippen LogP contribution in [0.4, 0.5) is 24.7 Å². The largest absolute Gasteiger partial charge is 0.393 e. The molecule has 1 atom stereocenters. The van der Waals surface area contributed by atoms with Crippen molar-refractivity contribution >= 4 is 46.5 Å². The molecule has 3 aromatic rings. The molecule has 0 spiro atoms. The van der Waals surface area contributed by atoms with Gasteiger partial charge in [-0.15, -0.1) is 0 Å². The van der Waals surface area contributed by atoms with Crippen LogP contribution in [0.3, 0.4) is 0 Å². The molecule has 0 bridgehead atoms. The first-order chi connectivity index (χ1) is 17.0. The predicted octanol–water partition coefficient (Wildman–Crippen LogP) is 4.65. The summed E-state index contributed by atoms with van der Waals surface area (Å²) in [5, 5.41) is 22.7. The van der Waals surface area contributed by atoms with Crippen molar-refractivity contribution in [2.45, 2.75) is 17.9 Å². The topological polar surface area (TPSA) is 103 Å². The molecule has 3 N–H and O–H groups in total. The number of pyridine rings is 1. The highest BCUT2D eigenvalue weighted by molar-refractivity contribution is 6.34. The number of carbonyl (C=O) groups excluding carboxylic acids is 2. The van der Waals surface area contributed by atoms with Crippen LogP contribution in [0, 0.1) is 5.82 Å². The summed E-state index contributed by atoms with van der Waals surface area (Å²) in [4.78, 5) is 30.7. The minimum absolute atomic E-state index is 0.0138. The van der Waals surface area contributed by atoms with E-state index in [0.29, 0.717) is 0 Å². The second kappa shape index (κ2) is 9.70. The standard InChI is InChI=1S/C24H18Cl2F3N3O4/c25-14-5-6-18-15(10-14)23(36,12-33)24(28,29)8-9-32(18)22(35)13-4-7-19(30-11-13)31-21(34)20-16(26)2-1-3-17(20)27/h1-7,10-11,33,36H,8-9,12H2,(H,30,31,34)/t23-/m0/s1. The Balaban J connectivity index is 1.63. The number of alkyl halides is 2. The van der Waals surface area contributed by atoms with Crippen LogP contribution in [-0.2, 0) is 5.60 Å². The van der Waals surface area contributed by atoms with Crippen molar-refractivity contribution in [1.29, 1.82) is 0 Å². The molecular formula is C24H18Cl2F3N3O4. The van der Waals surface area contributed by atoms with E-state index in [0.717, 1.165) is 23.2 Å². The highest BCUT2D eigenvalue weighted by Crippen LogP contribution is 2.47. The first-order valence-electron chi connectivity index (χ1n) is 10.5. The number of rotatable bonds is 4. The van der Waals surface area contributed by atoms with Crippen LogP contribution in [0.5, 0.6) is 0 Å². The SMILES string of the molecule is O=C(Nc1ccc(C(=O)N2CCC(F)(F)[C@](O)(CO)c3cc(Cl)ccc32)cn1)c1c(F)cccc1Cl. The van der Waals surface area contributed by atoms with E-state index in [2.05, 4.69) is 10.3 Å². The number of fused-ring (bicyclic) bond motifs is 1. The van der Waals surface area contributed by atoms with E-state index >= 15 is 0 Å². The van der Waals surface area contributed by atoms with Gasteiger partial charge in [0.2, 0.25) is 0 Å². The van der Waals surface area contributed by atoms with Gasteiger partial charge in [-0.05, 0) is 42.5 Å². The van der Waals surface area contributed by atoms with Gasteiger partial charge in [-0.25, -0.2) is 18.2 Å². The molecule has 12 heteroatoms. The molecule has 4 rings (SSSR count). The summed E-state index contributed by atoms with van der Waals surface area (Å²) in [6.45, 7) is -1.77. The van der Waals surface area contributed by atoms with Gasteiger partial charge in [-0.3, -0.25) is 9.59 Å². The molecule has 1 aromatic heterocycles. The third-order valence-electron chi connectivity index (χ3n) is 5.87. The van der Waals surface area contributed by atoms with Crippen LogP contribution in [0.1, 0.15) is 32.7 Å². The fraction of sp³-hybridized carbons (Fsp3) is 0.208. The smallest absolute Gasteiger partial charge is 0.284 e. The molecule has 0 aliphatic carbocycles. The highest BCUT2D eigenvalue weighted by atomic mass is 35.5. The van der Waals surface area contributed by atoms with E-state index < -0.39 is 54.3 Å². The van der Waals surface area contributed by atoms with Crippen LogP contribution in [0.15, 0.2) is 54.7 Å². The van der Waals surface area contributed by atoms with Gasteiger partial charge < -0.3 is 20.4 Å². The Morgan fingerprint density at radius 1 is 1.14 bits per heavy atom. The maximum Gasteiger partial charge on any atom is 0.284 e. The molecule has 36 heavy (non-hydrogen) atoms. The van der Waals surface area contributed by atoms with Crippen LogP contribution in [0.25, 0.3) is 0 Å². The molecule has 1 aliphatic heterocycles. The molecule has 188 valence electrons. The lowest BCUT2D eigenvalue weighted by Gasteiger charge is -2.33. The Morgan fingerprint density at radius 2 is 1.89 bits per heavy atom. The number of anilines is 2. The van der Waals surface area contributed by atoms with Gasteiger partial charge in [0.05, 0.1) is 28.4 Å². The lowest BCUT2D eigenvalue weighted by atomic mass is 9.86. The maximum atomic E-state index is 14.9. The second-order valence-corrected chi connectivity index (χ2v) is 8.92. The quantitative estimate of drug-likeness (QED) is 0.448. The van der Waals surface area contributed by atoms with Crippen LogP contribution < -0.4 is 10.2 Å². The second-order valence-electron chi connectivity index (χ2n) is 8.07. The van der Waals surface area contributed by atoms with Crippen LogP contribution in [0.2, 0.25) is 10.0 Å². The molecule has 0 saturated carbocycles. The fourth-order valence-corrected chi connectivity index (χ4v) is 4.33. The summed E-state index contributed by atoms with van der Waals surface area (Å²) in [5.74, 6) is -6.18. The summed E-state index contributed by atoms with van der Waals surface area (Å²) >= 11 is 11.8. The molecule has 2 heterocycles. The Labute approximate surface area is 213 Å². The lowest BCUT2D eigenvalue weighted by Crippen LogP contribution is -2.48. The summed E-state index contributed by atoms with van der Waals surface area (Å²) in [5.41, 5.74) is -3.80. The minimum atomic E-state index is -3.77. The minimum Gasteiger partial charge on any atom is -0.393 e. The third kappa shape index (κ3) is 4.53. The third-order valence-corrected chi connectivity index (χ3v) is 6.42. The average Bonchev–Trinajstić information content (AvgIpc) is 2.92. The predicted molar refractivity (Wildman–Crippen MR) is 127 cm³/mol. The van der Waals surface area contributed by atoms with Gasteiger partial charge in [0.1, 0.15) is 11.6 Å². The summed E-state index contributed by atoms with van der Waals surface area (Å²) < 4.78 is 43.7. The van der Waals surface area contributed by atoms with Crippen molar-refractivity contribution in [3.05, 3.63) is 87.3 Å². The van der Waals surface area contributed by atoms with Gasteiger partial charge in [-0.2, -0.15) is 0 Å². The van der Waals surface area contributed by atoms with E-state index in [1.165, 1.54) is 36.4 Å². The fourth-order valence-electron chi connectivity index (χ4n) is 3.91. The number of benzene rings is 2. The number of carbonyl (C=O) groups is 2. The molecule has 1 aliphatic rings. The van der Waals surface area contributed by atoms with Crippen molar-refractivity contribution in [2.24, 2.45) is 0 Å². The zero-order valence-corrected chi connectivity index (χ0v) is 19.8. The summed E-state index contributed by atoms with van der Waals surface area (Å²) in [6.07, 6.45) is 0.171. The number of nitrogens with one attached hydrogen (secondary N) is 1. The number of aliphatic hydroxyl groups is 2. The van der Waals surface area contributed by atoms with Gasteiger partial charge in [0, 0.05) is 29.7 Å². The first-order valence-corrected chi connectivity index (χ1v) is 11.3. The number of halogens is 5. The number of aliphatic hydroxyl groups excluding tert-OH is 1.